The van der Waals surface area contributed by atoms with Gasteiger partial charge < -0.3 is 5.32 Å². The molecule has 1 heterocycles. The summed E-state index contributed by atoms with van der Waals surface area (Å²) in [5.41, 5.74) is 0. The number of piperidine rings is 1. The topological polar surface area (TPSA) is 15.3 Å². The molecule has 0 aromatic heterocycles. The van der Waals surface area contributed by atoms with Gasteiger partial charge in [0.15, 0.2) is 0 Å². The minimum absolute atomic E-state index is 0.756. The quantitative estimate of drug-likeness (QED) is 0.730. The van der Waals surface area contributed by atoms with Crippen molar-refractivity contribution in [3.63, 3.8) is 0 Å². The second-order valence-electron chi connectivity index (χ2n) is 6.98. The normalized spacial score (nSPS) is 35.7. The van der Waals surface area contributed by atoms with E-state index in [2.05, 4.69) is 37.9 Å². The minimum atomic E-state index is 0.756. The molecule has 0 aromatic rings. The van der Waals surface area contributed by atoms with Crippen LogP contribution < -0.4 is 5.32 Å². The Hall–Kier alpha value is -0.0800. The Labute approximate surface area is 114 Å². The van der Waals surface area contributed by atoms with Gasteiger partial charge in [-0.15, -0.1) is 0 Å². The predicted octanol–water partition coefficient (Wildman–Crippen LogP) is 3.27. The van der Waals surface area contributed by atoms with Crippen molar-refractivity contribution >= 4 is 0 Å². The summed E-state index contributed by atoms with van der Waals surface area (Å²) in [5, 5.41) is 3.63. The van der Waals surface area contributed by atoms with Crippen molar-refractivity contribution in [3.8, 4) is 0 Å². The van der Waals surface area contributed by atoms with Crippen molar-refractivity contribution in [2.24, 2.45) is 11.8 Å². The molecule has 1 N–H and O–H groups in total. The van der Waals surface area contributed by atoms with E-state index < -0.39 is 0 Å². The summed E-state index contributed by atoms with van der Waals surface area (Å²) in [6, 6.07) is 2.40. The highest BCUT2D eigenvalue weighted by atomic mass is 15.2. The van der Waals surface area contributed by atoms with Gasteiger partial charge in [-0.2, -0.15) is 0 Å². The summed E-state index contributed by atoms with van der Waals surface area (Å²) < 4.78 is 0. The summed E-state index contributed by atoms with van der Waals surface area (Å²) in [6.45, 7) is 12.2. The molecule has 18 heavy (non-hydrogen) atoms. The average Bonchev–Trinajstić information content (AvgIpc) is 3.13. The Morgan fingerprint density at radius 1 is 1.22 bits per heavy atom. The van der Waals surface area contributed by atoms with Crippen LogP contribution >= 0.6 is 0 Å². The van der Waals surface area contributed by atoms with Gasteiger partial charge in [-0.25, -0.2) is 0 Å². The Balaban J connectivity index is 1.70. The maximum Gasteiger partial charge on any atom is 0.00955 e. The molecule has 0 amide bonds. The molecule has 1 saturated carbocycles. The van der Waals surface area contributed by atoms with Gasteiger partial charge in [0.05, 0.1) is 0 Å². The van der Waals surface area contributed by atoms with Crippen LogP contribution in [-0.2, 0) is 0 Å². The number of hydrogen-bond donors (Lipinski definition) is 1. The highest BCUT2D eigenvalue weighted by Gasteiger charge is 2.31. The molecule has 4 atom stereocenters. The van der Waals surface area contributed by atoms with Gasteiger partial charge in [-0.1, -0.05) is 13.8 Å². The lowest BCUT2D eigenvalue weighted by atomic mass is 9.84. The maximum atomic E-state index is 3.63. The molecule has 0 aromatic carbocycles. The van der Waals surface area contributed by atoms with Crippen LogP contribution in [0, 0.1) is 11.8 Å². The van der Waals surface area contributed by atoms with Crippen molar-refractivity contribution in [2.45, 2.75) is 77.9 Å². The minimum Gasteiger partial charge on any atom is -0.314 e. The van der Waals surface area contributed by atoms with Crippen molar-refractivity contribution in [2.75, 3.05) is 13.1 Å². The van der Waals surface area contributed by atoms with Crippen molar-refractivity contribution < 1.29 is 0 Å². The molecule has 1 aliphatic heterocycles. The second kappa shape index (κ2) is 6.38. The zero-order chi connectivity index (χ0) is 13.1. The van der Waals surface area contributed by atoms with E-state index in [0.717, 1.165) is 30.0 Å². The fourth-order valence-corrected chi connectivity index (χ4v) is 3.50. The largest absolute Gasteiger partial charge is 0.314 e. The standard InChI is InChI=1S/C16H32N2/c1-12-10-13(2)15(4)18(11-12)14(3)6-5-9-17-16-7-8-16/h12-17H,5-11H2,1-4H3. The first-order valence-electron chi connectivity index (χ1n) is 8.07. The van der Waals surface area contributed by atoms with Gasteiger partial charge >= 0.3 is 0 Å². The summed E-state index contributed by atoms with van der Waals surface area (Å²) in [5.74, 6) is 1.74. The molecule has 106 valence electrons. The van der Waals surface area contributed by atoms with Gasteiger partial charge in [-0.3, -0.25) is 4.90 Å². The number of hydrogen-bond acceptors (Lipinski definition) is 2. The fraction of sp³-hybridized carbons (Fsp3) is 1.00. The molecule has 2 rings (SSSR count). The SMILES string of the molecule is CC1CC(C)C(C)N(C(C)CCCNC2CC2)C1. The third kappa shape index (κ3) is 3.96. The van der Waals surface area contributed by atoms with Crippen LogP contribution in [0.15, 0.2) is 0 Å². The first-order valence-corrected chi connectivity index (χ1v) is 8.07. The predicted molar refractivity (Wildman–Crippen MR) is 78.8 cm³/mol. The van der Waals surface area contributed by atoms with E-state index in [1.807, 2.05) is 0 Å². The fourth-order valence-electron chi connectivity index (χ4n) is 3.50. The van der Waals surface area contributed by atoms with Crippen molar-refractivity contribution in [1.82, 2.24) is 10.2 Å². The number of nitrogens with one attached hydrogen (secondary N) is 1. The lowest BCUT2D eigenvalue weighted by molar-refractivity contribution is 0.0428. The van der Waals surface area contributed by atoms with Crippen LogP contribution in [0.25, 0.3) is 0 Å². The average molecular weight is 252 g/mol. The number of likely N-dealkylation sites (tertiary alicyclic amines) is 1. The molecule has 2 heteroatoms. The molecule has 2 aliphatic rings. The second-order valence-corrected chi connectivity index (χ2v) is 6.98. The monoisotopic (exact) mass is 252 g/mol. The van der Waals surface area contributed by atoms with E-state index in [4.69, 9.17) is 0 Å². The molecule has 2 fully saturated rings. The zero-order valence-electron chi connectivity index (χ0n) is 12.8. The number of rotatable bonds is 6. The number of nitrogens with zero attached hydrogens (tertiary/aromatic N) is 1. The Bertz CT molecular complexity index is 249. The summed E-state index contributed by atoms with van der Waals surface area (Å²) >= 11 is 0. The Morgan fingerprint density at radius 3 is 2.61 bits per heavy atom. The van der Waals surface area contributed by atoms with E-state index in [1.54, 1.807) is 0 Å². The van der Waals surface area contributed by atoms with Crippen LogP contribution in [-0.4, -0.2) is 36.1 Å². The van der Waals surface area contributed by atoms with Crippen LogP contribution in [0.5, 0.6) is 0 Å². The molecule has 2 nitrogen and oxygen atoms in total. The molecule has 1 saturated heterocycles. The van der Waals surface area contributed by atoms with E-state index in [-0.39, 0.29) is 0 Å². The van der Waals surface area contributed by atoms with Crippen LogP contribution in [0.1, 0.15) is 59.8 Å². The van der Waals surface area contributed by atoms with Crippen LogP contribution in [0.3, 0.4) is 0 Å². The van der Waals surface area contributed by atoms with Gasteiger partial charge in [0.2, 0.25) is 0 Å². The third-order valence-corrected chi connectivity index (χ3v) is 5.02. The van der Waals surface area contributed by atoms with Gasteiger partial charge in [0.25, 0.3) is 0 Å². The molecule has 0 radical (unpaired) electrons. The highest BCUT2D eigenvalue weighted by Crippen LogP contribution is 2.29. The smallest absolute Gasteiger partial charge is 0.00955 e. The summed E-state index contributed by atoms with van der Waals surface area (Å²) in [6.07, 6.45) is 6.92. The lowest BCUT2D eigenvalue weighted by Crippen LogP contribution is -2.50. The molecule has 1 aliphatic carbocycles. The highest BCUT2D eigenvalue weighted by molar-refractivity contribution is 4.85. The Kier molecular flexibility index (Phi) is 5.08. The van der Waals surface area contributed by atoms with Crippen molar-refractivity contribution in [1.29, 1.82) is 0 Å². The first-order chi connectivity index (χ1) is 8.58. The maximum absolute atomic E-state index is 3.63. The molecule has 0 bridgehead atoms. The lowest BCUT2D eigenvalue weighted by Gasteiger charge is -2.44. The molecular formula is C16H32N2. The van der Waals surface area contributed by atoms with Gasteiger partial charge in [0.1, 0.15) is 0 Å². The van der Waals surface area contributed by atoms with Crippen LogP contribution in [0.4, 0.5) is 0 Å². The van der Waals surface area contributed by atoms with E-state index in [0.29, 0.717) is 0 Å². The molecule has 4 unspecified atom stereocenters. The zero-order valence-corrected chi connectivity index (χ0v) is 12.8. The van der Waals surface area contributed by atoms with E-state index in [9.17, 15) is 0 Å². The van der Waals surface area contributed by atoms with Gasteiger partial charge in [0, 0.05) is 24.7 Å². The Morgan fingerprint density at radius 2 is 1.94 bits per heavy atom. The third-order valence-electron chi connectivity index (χ3n) is 5.02. The summed E-state index contributed by atoms with van der Waals surface area (Å²) in [4.78, 5) is 2.76. The van der Waals surface area contributed by atoms with Crippen LogP contribution in [0.2, 0.25) is 0 Å². The van der Waals surface area contributed by atoms with Crippen molar-refractivity contribution in [3.05, 3.63) is 0 Å². The first kappa shape index (κ1) is 14.3. The molecule has 0 spiro atoms. The van der Waals surface area contributed by atoms with E-state index >= 15 is 0 Å². The summed E-state index contributed by atoms with van der Waals surface area (Å²) in [7, 11) is 0. The van der Waals surface area contributed by atoms with E-state index in [1.165, 1.54) is 45.2 Å². The molecular weight excluding hydrogens is 220 g/mol. The van der Waals surface area contributed by atoms with Gasteiger partial charge in [-0.05, 0) is 64.3 Å².